The van der Waals surface area contributed by atoms with Crippen molar-refractivity contribution < 1.29 is 14.7 Å². The minimum atomic E-state index is -0.509. The van der Waals surface area contributed by atoms with Crippen molar-refractivity contribution in [2.75, 3.05) is 0 Å². The molecule has 2 aromatic rings. The van der Waals surface area contributed by atoms with E-state index < -0.39 is 10.8 Å². The monoisotopic (exact) mass is 568 g/mol. The number of Topliss-reactive ketones (excluding diaryl/α,β-unsaturated/α-hetero) is 2. The molecule has 4 aliphatic carbocycles. The Morgan fingerprint density at radius 1 is 0.762 bits per heavy atom. The Bertz CT molecular complexity index is 1400. The SMILES string of the molecule is CC(C)Cc1ccc2c(c1)[C@@]1(C)CCC[C@](C)(C(=O)CC(=O)[C@@]3(C)CCC[C@]4(C)c5cc(O)ccc5CC[C@@H]34)[C@@H]1CC2. The molecule has 3 heteroatoms. The molecule has 0 bridgehead atoms. The summed E-state index contributed by atoms with van der Waals surface area (Å²) in [7, 11) is 0. The van der Waals surface area contributed by atoms with Crippen molar-refractivity contribution in [2.24, 2.45) is 28.6 Å². The summed E-state index contributed by atoms with van der Waals surface area (Å²) in [6, 6.07) is 12.9. The van der Waals surface area contributed by atoms with E-state index in [0.29, 0.717) is 11.7 Å². The van der Waals surface area contributed by atoms with Crippen molar-refractivity contribution in [2.45, 2.75) is 129 Å². The molecule has 6 rings (SSSR count). The van der Waals surface area contributed by atoms with Crippen LogP contribution >= 0.6 is 0 Å². The quantitative estimate of drug-likeness (QED) is 0.354. The summed E-state index contributed by atoms with van der Waals surface area (Å²) >= 11 is 0. The molecule has 2 fully saturated rings. The highest BCUT2D eigenvalue weighted by atomic mass is 16.3. The van der Waals surface area contributed by atoms with Gasteiger partial charge in [0.15, 0.2) is 0 Å². The zero-order chi connectivity index (χ0) is 30.1. The van der Waals surface area contributed by atoms with Gasteiger partial charge in [-0.15, -0.1) is 0 Å². The average Bonchev–Trinajstić information content (AvgIpc) is 2.93. The molecule has 0 unspecified atom stereocenters. The van der Waals surface area contributed by atoms with Gasteiger partial charge in [0.25, 0.3) is 0 Å². The summed E-state index contributed by atoms with van der Waals surface area (Å²) < 4.78 is 0. The van der Waals surface area contributed by atoms with Crippen LogP contribution in [0.25, 0.3) is 0 Å². The molecule has 0 spiro atoms. The lowest BCUT2D eigenvalue weighted by Crippen LogP contribution is -2.55. The lowest BCUT2D eigenvalue weighted by atomic mass is 9.47. The Kier molecular flexibility index (Phi) is 7.30. The van der Waals surface area contributed by atoms with Crippen molar-refractivity contribution in [3.8, 4) is 5.75 Å². The smallest absolute Gasteiger partial charge is 0.146 e. The van der Waals surface area contributed by atoms with Gasteiger partial charge in [0.2, 0.25) is 0 Å². The van der Waals surface area contributed by atoms with Gasteiger partial charge in [-0.2, -0.15) is 0 Å². The maximum atomic E-state index is 14.5. The van der Waals surface area contributed by atoms with Crippen LogP contribution in [0, 0.1) is 28.6 Å². The van der Waals surface area contributed by atoms with E-state index in [0.717, 1.165) is 70.6 Å². The fourth-order valence-corrected chi connectivity index (χ4v) is 10.8. The number of rotatable bonds is 6. The van der Waals surface area contributed by atoms with E-state index in [2.05, 4.69) is 65.8 Å². The molecular weight excluding hydrogens is 516 g/mol. The number of carbonyl (C=O) groups is 2. The van der Waals surface area contributed by atoms with Crippen molar-refractivity contribution in [1.29, 1.82) is 0 Å². The van der Waals surface area contributed by atoms with E-state index in [-0.39, 0.29) is 40.7 Å². The third kappa shape index (κ3) is 4.51. The molecule has 0 amide bonds. The zero-order valence-electron chi connectivity index (χ0n) is 26.9. The highest BCUT2D eigenvalue weighted by Crippen LogP contribution is 2.60. The van der Waals surface area contributed by atoms with E-state index in [1.165, 1.54) is 27.8 Å². The van der Waals surface area contributed by atoms with Crippen LogP contribution < -0.4 is 0 Å². The number of fused-ring (bicyclic) bond motifs is 6. The molecule has 0 radical (unpaired) electrons. The van der Waals surface area contributed by atoms with Gasteiger partial charge in [-0.3, -0.25) is 9.59 Å². The van der Waals surface area contributed by atoms with Gasteiger partial charge in [0, 0.05) is 10.8 Å². The molecule has 0 aromatic heterocycles. The lowest BCUT2D eigenvalue weighted by Gasteiger charge is -2.56. The fraction of sp³-hybridized carbons (Fsp3) is 0.641. The zero-order valence-corrected chi connectivity index (χ0v) is 26.9. The molecule has 2 saturated carbocycles. The van der Waals surface area contributed by atoms with Crippen LogP contribution in [-0.2, 0) is 39.7 Å². The predicted molar refractivity (Wildman–Crippen MR) is 170 cm³/mol. The first-order valence-electron chi connectivity index (χ1n) is 16.8. The van der Waals surface area contributed by atoms with Gasteiger partial charge >= 0.3 is 0 Å². The number of carbonyl (C=O) groups excluding carboxylic acids is 2. The molecule has 0 saturated heterocycles. The largest absolute Gasteiger partial charge is 0.508 e. The maximum absolute atomic E-state index is 14.5. The number of hydrogen-bond acceptors (Lipinski definition) is 3. The number of phenols is 1. The highest BCUT2D eigenvalue weighted by molar-refractivity contribution is 6.04. The van der Waals surface area contributed by atoms with E-state index >= 15 is 0 Å². The van der Waals surface area contributed by atoms with Crippen LogP contribution in [0.4, 0.5) is 0 Å². The number of ketones is 2. The maximum Gasteiger partial charge on any atom is 0.146 e. The predicted octanol–water partition coefficient (Wildman–Crippen LogP) is 8.84. The first kappa shape index (κ1) is 29.6. The van der Waals surface area contributed by atoms with Gasteiger partial charge in [-0.25, -0.2) is 0 Å². The van der Waals surface area contributed by atoms with Crippen LogP contribution in [-0.4, -0.2) is 16.7 Å². The second kappa shape index (κ2) is 10.3. The molecule has 6 atom stereocenters. The number of benzene rings is 2. The van der Waals surface area contributed by atoms with Crippen molar-refractivity contribution in [1.82, 2.24) is 0 Å². The Morgan fingerprint density at radius 3 is 1.79 bits per heavy atom. The summed E-state index contributed by atoms with van der Waals surface area (Å²) in [6.45, 7) is 13.7. The molecule has 1 N–H and O–H groups in total. The Hall–Kier alpha value is -2.42. The van der Waals surface area contributed by atoms with Gasteiger partial charge in [0.05, 0.1) is 6.42 Å². The van der Waals surface area contributed by atoms with Crippen molar-refractivity contribution >= 4 is 11.6 Å². The molecular formula is C39H52O3. The first-order valence-corrected chi connectivity index (χ1v) is 16.8. The summed E-state index contributed by atoms with van der Waals surface area (Å²) in [4.78, 5) is 28.9. The van der Waals surface area contributed by atoms with E-state index in [1.54, 1.807) is 6.07 Å². The second-order valence-corrected chi connectivity index (χ2v) is 16.0. The van der Waals surface area contributed by atoms with E-state index in [9.17, 15) is 14.7 Å². The molecule has 2 aromatic carbocycles. The normalized spacial score (nSPS) is 35.5. The third-order valence-electron chi connectivity index (χ3n) is 13.0. The van der Waals surface area contributed by atoms with Gasteiger partial charge < -0.3 is 5.11 Å². The molecule has 42 heavy (non-hydrogen) atoms. The standard InChI is InChI=1S/C39H52O3/c1-25(2)21-26-9-10-27-12-15-32-36(3,30(27)22-26)17-7-19-38(32,5)34(41)24-35(42)39(6)20-8-18-37(4)31-23-29(40)14-11-28(31)13-16-33(37)39/h9-11,14,22-23,25,32-33,40H,7-8,12-13,15-21,24H2,1-6H3/t32-,33-,36-,37-,38+,39+/m1/s1. The Balaban J connectivity index is 1.27. The lowest BCUT2D eigenvalue weighted by molar-refractivity contribution is -0.146. The van der Waals surface area contributed by atoms with E-state index in [4.69, 9.17) is 0 Å². The number of phenolic OH excluding ortho intramolecular Hbond substituents is 1. The van der Waals surface area contributed by atoms with Crippen molar-refractivity contribution in [3.05, 3.63) is 64.2 Å². The van der Waals surface area contributed by atoms with Crippen LogP contribution in [0.15, 0.2) is 36.4 Å². The van der Waals surface area contributed by atoms with Crippen LogP contribution in [0.5, 0.6) is 5.75 Å². The summed E-state index contributed by atoms with van der Waals surface area (Å²) in [5, 5.41) is 10.3. The topological polar surface area (TPSA) is 54.4 Å². The van der Waals surface area contributed by atoms with E-state index in [1.807, 2.05) is 6.07 Å². The number of aromatic hydroxyl groups is 1. The number of aryl methyl sites for hydroxylation is 2. The van der Waals surface area contributed by atoms with Crippen LogP contribution in [0.3, 0.4) is 0 Å². The Labute approximate surface area is 253 Å². The molecule has 0 heterocycles. The second-order valence-electron chi connectivity index (χ2n) is 16.0. The molecule has 3 nitrogen and oxygen atoms in total. The minimum absolute atomic E-state index is 0.0192. The summed E-state index contributed by atoms with van der Waals surface area (Å²) in [6.07, 6.45) is 11.0. The van der Waals surface area contributed by atoms with Crippen LogP contribution in [0.1, 0.15) is 127 Å². The fourth-order valence-electron chi connectivity index (χ4n) is 10.8. The summed E-state index contributed by atoms with van der Waals surface area (Å²) in [5.41, 5.74) is 5.74. The van der Waals surface area contributed by atoms with Crippen molar-refractivity contribution in [3.63, 3.8) is 0 Å². The Morgan fingerprint density at radius 2 is 1.26 bits per heavy atom. The molecule has 4 aliphatic rings. The molecule has 226 valence electrons. The van der Waals surface area contributed by atoms with Gasteiger partial charge in [0.1, 0.15) is 17.3 Å². The third-order valence-corrected chi connectivity index (χ3v) is 13.0. The molecule has 0 aliphatic heterocycles. The minimum Gasteiger partial charge on any atom is -0.508 e. The highest BCUT2D eigenvalue weighted by Gasteiger charge is 2.58. The first-order chi connectivity index (χ1) is 19.8. The van der Waals surface area contributed by atoms with Gasteiger partial charge in [-0.1, -0.05) is 78.6 Å². The van der Waals surface area contributed by atoms with Crippen LogP contribution in [0.2, 0.25) is 0 Å². The van der Waals surface area contributed by atoms with Gasteiger partial charge in [-0.05, 0) is 126 Å². The number of hydrogen-bond donors (Lipinski definition) is 1. The average molecular weight is 569 g/mol. The summed E-state index contributed by atoms with van der Waals surface area (Å²) in [5.74, 6) is 1.74.